The van der Waals surface area contributed by atoms with Gasteiger partial charge in [0.25, 0.3) is 5.89 Å². The maximum absolute atomic E-state index is 13.8. The Bertz CT molecular complexity index is 1310. The summed E-state index contributed by atoms with van der Waals surface area (Å²) in [5, 5.41) is 13.7. The first kappa shape index (κ1) is 30.0. The zero-order chi connectivity index (χ0) is 27.7. The van der Waals surface area contributed by atoms with E-state index in [0.717, 1.165) is 24.3 Å². The van der Waals surface area contributed by atoms with Crippen molar-refractivity contribution >= 4 is 5.96 Å². The van der Waals surface area contributed by atoms with Crippen LogP contribution in [0.3, 0.4) is 0 Å². The van der Waals surface area contributed by atoms with Gasteiger partial charge in [0.2, 0.25) is 5.82 Å². The van der Waals surface area contributed by atoms with E-state index in [9.17, 15) is 31.4 Å². The van der Waals surface area contributed by atoms with Gasteiger partial charge >= 0.3 is 18.3 Å². The van der Waals surface area contributed by atoms with Gasteiger partial charge in [0.05, 0.1) is 30.4 Å². The molecule has 0 bridgehead atoms. The third-order valence-electron chi connectivity index (χ3n) is 6.03. The fraction of sp³-hybridized carbons (Fsp3) is 0.375. The number of hydrogen-bond acceptors (Lipinski definition) is 5. The summed E-state index contributed by atoms with van der Waals surface area (Å²) >= 11 is 0. The van der Waals surface area contributed by atoms with Gasteiger partial charge in [-0.3, -0.25) is 16.0 Å². The van der Waals surface area contributed by atoms with Crippen LogP contribution >= 0.6 is 0 Å². The van der Waals surface area contributed by atoms with Gasteiger partial charge < -0.3 is 26.8 Å². The predicted octanol–water partition coefficient (Wildman–Crippen LogP) is 0.881. The quantitative estimate of drug-likeness (QED) is 0.164. The fourth-order valence-electron chi connectivity index (χ4n) is 4.16. The maximum Gasteiger partial charge on any atom is 0.419 e. The summed E-state index contributed by atoms with van der Waals surface area (Å²) in [5.41, 5.74) is 10.1. The maximum atomic E-state index is 13.8. The molecule has 1 aromatic heterocycles. The molecule has 5 N–H and O–H groups in total. The van der Waals surface area contributed by atoms with Crippen LogP contribution in [0.2, 0.25) is 0 Å². The zero-order valence-electron chi connectivity index (χ0n) is 20.1. The molecule has 2 heterocycles. The number of rotatable bonds is 7. The van der Waals surface area contributed by atoms with Gasteiger partial charge in [-0.2, -0.15) is 31.3 Å². The average Bonchev–Trinajstić information content (AvgIpc) is 3.48. The van der Waals surface area contributed by atoms with E-state index < -0.39 is 41.4 Å². The number of aliphatic hydroxyl groups excluding tert-OH is 1. The molecule has 0 radical (unpaired) electrons. The lowest BCUT2D eigenvalue weighted by atomic mass is 10.1. The Kier molecular flexibility index (Phi) is 9.01. The normalized spacial score (nSPS) is 17.7. The van der Waals surface area contributed by atoms with Crippen molar-refractivity contribution in [3.63, 3.8) is 0 Å². The molecule has 15 heteroatoms. The number of aryl methyl sites for hydroxylation is 1. The summed E-state index contributed by atoms with van der Waals surface area (Å²) in [6.45, 7) is 0.0560. The first-order valence-corrected chi connectivity index (χ1v) is 11.5. The van der Waals surface area contributed by atoms with E-state index in [-0.39, 0.29) is 61.6 Å². The molecule has 212 valence electrons. The summed E-state index contributed by atoms with van der Waals surface area (Å²) in [4.78, 5) is 4.18. The third-order valence-corrected chi connectivity index (χ3v) is 6.03. The lowest BCUT2D eigenvalue weighted by Crippen LogP contribution is -3.00. The van der Waals surface area contributed by atoms with Crippen molar-refractivity contribution in [2.45, 2.75) is 43.8 Å². The molecule has 0 aliphatic carbocycles. The second-order valence-electron chi connectivity index (χ2n) is 8.79. The lowest BCUT2D eigenvalue weighted by Gasteiger charge is -2.15. The van der Waals surface area contributed by atoms with Crippen molar-refractivity contribution in [2.24, 2.45) is 11.5 Å². The molecule has 4 rings (SSSR count). The van der Waals surface area contributed by atoms with E-state index in [1.165, 1.54) is 22.8 Å². The monoisotopic (exact) mass is 579 g/mol. The molecule has 1 aliphatic rings. The zero-order valence-corrected chi connectivity index (χ0v) is 20.9. The molecule has 3 aromatic rings. The molecular formula is C24H24ClF6N5O3. The van der Waals surface area contributed by atoms with E-state index in [1.807, 2.05) is 0 Å². The smallest absolute Gasteiger partial charge is 0.419 e. The van der Waals surface area contributed by atoms with Crippen LogP contribution in [0, 0.1) is 0 Å². The van der Waals surface area contributed by atoms with Crippen LogP contribution in [0.25, 0.3) is 11.4 Å². The van der Waals surface area contributed by atoms with Gasteiger partial charge in [0.15, 0.2) is 6.04 Å². The second kappa shape index (κ2) is 11.7. The van der Waals surface area contributed by atoms with E-state index in [4.69, 9.17) is 20.7 Å². The number of benzene rings is 2. The van der Waals surface area contributed by atoms with E-state index >= 15 is 0 Å². The van der Waals surface area contributed by atoms with Crippen LogP contribution in [-0.2, 0) is 18.8 Å². The summed E-state index contributed by atoms with van der Waals surface area (Å²) < 4.78 is 91.4. The molecular weight excluding hydrogens is 556 g/mol. The van der Waals surface area contributed by atoms with Crippen molar-refractivity contribution in [1.29, 1.82) is 0 Å². The highest BCUT2D eigenvalue weighted by Crippen LogP contribution is 2.39. The lowest BCUT2D eigenvalue weighted by molar-refractivity contribution is -0.557. The van der Waals surface area contributed by atoms with Gasteiger partial charge in [-0.25, -0.2) is 0 Å². The number of alkyl halides is 6. The Labute approximate surface area is 224 Å². The Morgan fingerprint density at radius 1 is 1.05 bits per heavy atom. The summed E-state index contributed by atoms with van der Waals surface area (Å²) in [6.07, 6.45) is -9.14. The van der Waals surface area contributed by atoms with Crippen molar-refractivity contribution in [1.82, 2.24) is 10.1 Å². The Morgan fingerprint density at radius 3 is 2.36 bits per heavy atom. The standard InChI is InChI=1S/C24H23F6N5O3.ClH/c25-23(26,27)15-6-3-13(4-7-15)2-1-9-37-19-8-5-14(10-17(19)24(28,29)30)20-33-21(38-34-20)18-11-16(36)12-35(18)22(31)32;/h3-8,10,16,18,36H,1-2,9,11-12H2,(H3,31,32);1H/t16-,18+;/m1./s1. The number of halogens is 7. The van der Waals surface area contributed by atoms with Crippen LogP contribution in [0.1, 0.15) is 41.5 Å². The van der Waals surface area contributed by atoms with Crippen LogP contribution in [0.4, 0.5) is 26.3 Å². The Morgan fingerprint density at radius 2 is 1.74 bits per heavy atom. The van der Waals surface area contributed by atoms with Crippen molar-refractivity contribution in [3.8, 4) is 17.1 Å². The Hall–Kier alpha value is -3.52. The molecule has 1 fully saturated rings. The number of aliphatic hydroxyl groups is 1. The van der Waals surface area contributed by atoms with Crippen LogP contribution in [0.15, 0.2) is 47.0 Å². The second-order valence-corrected chi connectivity index (χ2v) is 8.79. The summed E-state index contributed by atoms with van der Waals surface area (Å²) in [6, 6.07) is 7.26. The highest BCUT2D eigenvalue weighted by atomic mass is 35.5. The minimum Gasteiger partial charge on any atom is -1.00 e. The predicted molar refractivity (Wildman–Crippen MR) is 122 cm³/mol. The first-order valence-electron chi connectivity index (χ1n) is 11.5. The molecule has 1 saturated heterocycles. The number of aromatic nitrogens is 2. The van der Waals surface area contributed by atoms with Crippen molar-refractivity contribution < 1.29 is 57.7 Å². The highest BCUT2D eigenvalue weighted by molar-refractivity contribution is 5.70. The van der Waals surface area contributed by atoms with Crippen molar-refractivity contribution in [2.75, 3.05) is 13.2 Å². The van der Waals surface area contributed by atoms with Gasteiger partial charge in [0.1, 0.15) is 5.75 Å². The third kappa shape index (κ3) is 7.12. The molecule has 0 saturated carbocycles. The van der Waals surface area contributed by atoms with Crippen LogP contribution < -0.4 is 28.6 Å². The van der Waals surface area contributed by atoms with Gasteiger partial charge in [0, 0.05) is 12.0 Å². The molecule has 2 aromatic carbocycles. The number of nitrogens with two attached hydrogens (primary N) is 2. The molecule has 0 spiro atoms. The minimum absolute atomic E-state index is 0. The topological polar surface area (TPSA) is 123 Å². The van der Waals surface area contributed by atoms with Crippen molar-refractivity contribution in [3.05, 3.63) is 65.0 Å². The number of β-amino-alcohol motifs (C(OH)–C–C–N with tert-alkyl or cyclic N) is 1. The molecule has 2 atom stereocenters. The van der Waals surface area contributed by atoms with E-state index in [2.05, 4.69) is 10.1 Å². The van der Waals surface area contributed by atoms with Crippen LogP contribution in [-0.4, -0.2) is 45.0 Å². The number of guanidine groups is 1. The summed E-state index contributed by atoms with van der Waals surface area (Å²) in [5.74, 6) is -0.531. The molecule has 8 nitrogen and oxygen atoms in total. The molecule has 0 unspecified atom stereocenters. The molecule has 0 amide bonds. The van der Waals surface area contributed by atoms with E-state index in [1.54, 1.807) is 0 Å². The molecule has 1 aliphatic heterocycles. The Balaban J connectivity index is 0.00000420. The fourth-order valence-corrected chi connectivity index (χ4v) is 4.16. The highest BCUT2D eigenvalue weighted by Gasteiger charge is 2.38. The SMILES string of the molecule is NC(N)=[N+]1C[C@H](O)C[C@H]1c1nc(-c2ccc(OCCCc3ccc(C(F)(F)F)cc3)c(C(F)(F)F)c2)no1.[Cl-]. The number of ether oxygens (including phenoxy) is 1. The number of hydrogen-bond donors (Lipinski definition) is 3. The average molecular weight is 580 g/mol. The molecule has 39 heavy (non-hydrogen) atoms. The number of nitrogens with zero attached hydrogens (tertiary/aromatic N) is 3. The van der Waals surface area contributed by atoms with E-state index in [0.29, 0.717) is 12.0 Å². The van der Waals surface area contributed by atoms with Crippen LogP contribution in [0.5, 0.6) is 5.75 Å². The summed E-state index contributed by atoms with van der Waals surface area (Å²) in [7, 11) is 0. The largest absolute Gasteiger partial charge is 1.00 e. The van der Waals surface area contributed by atoms with Gasteiger partial charge in [-0.15, -0.1) is 0 Å². The van der Waals surface area contributed by atoms with Gasteiger partial charge in [-0.1, -0.05) is 17.3 Å². The van der Waals surface area contributed by atoms with Gasteiger partial charge in [-0.05, 0) is 48.7 Å². The first-order chi connectivity index (χ1) is 17.8. The minimum atomic E-state index is -4.75.